The molecule has 4 aromatic rings. The van der Waals surface area contributed by atoms with Crippen LogP contribution in [0.3, 0.4) is 0 Å². The van der Waals surface area contributed by atoms with Gasteiger partial charge in [-0.2, -0.15) is 0 Å². The highest BCUT2D eigenvalue weighted by molar-refractivity contribution is 9.25. The largest absolute Gasteiger partial charge is 0.347 e. The first kappa shape index (κ1) is 27.2. The summed E-state index contributed by atoms with van der Waals surface area (Å²) in [5.74, 6) is -0.627. The molecular weight excluding hydrogens is 662 g/mol. The number of anilines is 1. The molecule has 1 aromatic heterocycles. The maximum Gasteiger partial charge on any atom is 0.252 e. The summed E-state index contributed by atoms with van der Waals surface area (Å²) in [6.07, 6.45) is 3.26. The molecule has 0 radical (unpaired) electrons. The number of rotatable bonds is 8. The van der Waals surface area contributed by atoms with Crippen LogP contribution in [0.2, 0.25) is 0 Å². The molecule has 0 aliphatic heterocycles. The van der Waals surface area contributed by atoms with Gasteiger partial charge in [-0.05, 0) is 53.9 Å². The number of carbonyl (C=O) groups is 2. The Morgan fingerprint density at radius 1 is 0.811 bits per heavy atom. The van der Waals surface area contributed by atoms with Gasteiger partial charge < -0.3 is 5.32 Å². The average molecular weight is 686 g/mol. The fourth-order valence-corrected chi connectivity index (χ4v) is 4.74. The normalized spacial score (nSPS) is 12.6. The molecule has 0 fully saturated rings. The molecule has 188 valence electrons. The van der Waals surface area contributed by atoms with Gasteiger partial charge in [0.15, 0.2) is 0 Å². The van der Waals surface area contributed by atoms with Crippen LogP contribution in [-0.2, 0) is 9.59 Å². The van der Waals surface area contributed by atoms with Crippen LogP contribution in [0, 0.1) is 0 Å². The molecule has 37 heavy (non-hydrogen) atoms. The number of nitrogens with zero attached hydrogens (tertiary/aromatic N) is 2. The minimum absolute atomic E-state index is 0.277. The minimum Gasteiger partial charge on any atom is -0.347 e. The van der Waals surface area contributed by atoms with Gasteiger partial charge in [0.05, 0.1) is 6.04 Å². The van der Waals surface area contributed by atoms with Crippen molar-refractivity contribution in [3.8, 4) is 11.1 Å². The molecule has 0 aliphatic rings. The average Bonchev–Trinajstić information content (AvgIpc) is 2.92. The van der Waals surface area contributed by atoms with E-state index >= 15 is 0 Å². The second kappa shape index (κ2) is 12.6. The lowest BCUT2D eigenvalue weighted by molar-refractivity contribution is -0.126. The minimum atomic E-state index is -0.945. The number of nitrogens with one attached hydrogen (secondary N) is 1. The molecule has 0 unspecified atom stereocenters. The number of amides is 2. The van der Waals surface area contributed by atoms with E-state index in [0.29, 0.717) is 11.3 Å². The molecule has 0 aliphatic carbocycles. The Hall–Kier alpha value is -2.81. The molecule has 5 nitrogen and oxygen atoms in total. The molecule has 0 saturated carbocycles. The van der Waals surface area contributed by atoms with E-state index < -0.39 is 9.78 Å². The molecule has 3 aromatic carbocycles. The van der Waals surface area contributed by atoms with Gasteiger partial charge in [-0.1, -0.05) is 108 Å². The van der Waals surface area contributed by atoms with Gasteiger partial charge in [0.2, 0.25) is 5.91 Å². The van der Waals surface area contributed by atoms with Crippen LogP contribution in [0.25, 0.3) is 11.1 Å². The molecule has 8 heteroatoms. The second-order valence-corrected chi connectivity index (χ2v) is 12.4. The smallest absolute Gasteiger partial charge is 0.252 e. The lowest BCUT2D eigenvalue weighted by atomic mass is 10.0. The van der Waals surface area contributed by atoms with Crippen LogP contribution >= 0.6 is 47.8 Å². The summed E-state index contributed by atoms with van der Waals surface area (Å²) in [4.78, 5) is 33.1. The third-order valence-corrected chi connectivity index (χ3v) is 7.22. The van der Waals surface area contributed by atoms with E-state index in [1.807, 2.05) is 85.8 Å². The Morgan fingerprint density at radius 3 is 2.05 bits per heavy atom. The maximum absolute atomic E-state index is 13.9. The Balaban J connectivity index is 1.73. The topological polar surface area (TPSA) is 62.3 Å². The van der Waals surface area contributed by atoms with Gasteiger partial charge in [0.1, 0.15) is 9.78 Å². The van der Waals surface area contributed by atoms with Crippen molar-refractivity contribution in [1.82, 2.24) is 10.3 Å². The van der Waals surface area contributed by atoms with Gasteiger partial charge in [-0.15, -0.1) is 0 Å². The summed E-state index contributed by atoms with van der Waals surface area (Å²) < 4.78 is 0.268. The van der Waals surface area contributed by atoms with Gasteiger partial charge >= 0.3 is 0 Å². The first-order chi connectivity index (χ1) is 17.8. The highest BCUT2D eigenvalue weighted by Gasteiger charge is 2.35. The van der Waals surface area contributed by atoms with Crippen molar-refractivity contribution < 1.29 is 9.59 Å². The fourth-order valence-electron chi connectivity index (χ4n) is 4.04. The SMILES string of the molecule is C[C@H](NC(=O)[C@@H](c1cccnc1)N(C(=O)C(Br)Br)c1ccc(-c2ccccc2)cc1)c1ccc(Br)cc1. The fraction of sp³-hybridized carbons (Fsp3) is 0.138. The summed E-state index contributed by atoms with van der Waals surface area (Å²) in [5.41, 5.74) is 4.22. The summed E-state index contributed by atoms with van der Waals surface area (Å²) in [6, 6.07) is 27.7. The standard InChI is InChI=1S/C29H24Br3N3O2/c1-19(20-9-13-24(30)14-10-20)34-28(36)26(23-8-5-17-33-18-23)35(29(37)27(31)32)25-15-11-22(12-16-25)21-6-3-2-4-7-21/h2-19,26-27H,1H3,(H,34,36)/t19-,26+/m0/s1. The molecule has 1 heterocycles. The zero-order valence-electron chi connectivity index (χ0n) is 19.9. The van der Waals surface area contributed by atoms with Gasteiger partial charge in [0, 0.05) is 28.1 Å². The number of pyridine rings is 1. The predicted octanol–water partition coefficient (Wildman–Crippen LogP) is 7.58. The Labute approximate surface area is 241 Å². The molecule has 0 saturated heterocycles. The Kier molecular flexibility index (Phi) is 9.29. The van der Waals surface area contributed by atoms with Gasteiger partial charge in [-0.3, -0.25) is 19.5 Å². The van der Waals surface area contributed by atoms with Gasteiger partial charge in [-0.25, -0.2) is 0 Å². The summed E-state index contributed by atoms with van der Waals surface area (Å²) >= 11 is 10.1. The van der Waals surface area contributed by atoms with E-state index in [2.05, 4.69) is 58.1 Å². The number of benzene rings is 3. The molecule has 2 atom stereocenters. The van der Waals surface area contributed by atoms with Crippen molar-refractivity contribution in [2.45, 2.75) is 22.7 Å². The third kappa shape index (κ3) is 6.74. The number of hydrogen-bond acceptors (Lipinski definition) is 3. The highest BCUT2D eigenvalue weighted by atomic mass is 79.9. The molecule has 0 spiro atoms. The molecule has 1 N–H and O–H groups in total. The number of hydrogen-bond donors (Lipinski definition) is 1. The molecule has 2 amide bonds. The summed E-state index contributed by atoms with van der Waals surface area (Å²) in [5, 5.41) is 3.09. The quantitative estimate of drug-likeness (QED) is 0.195. The van der Waals surface area contributed by atoms with E-state index in [9.17, 15) is 9.59 Å². The first-order valence-electron chi connectivity index (χ1n) is 11.6. The Bertz CT molecular complexity index is 1330. The van der Waals surface area contributed by atoms with Gasteiger partial charge in [0.25, 0.3) is 5.91 Å². The van der Waals surface area contributed by atoms with Crippen molar-refractivity contribution in [2.24, 2.45) is 0 Å². The van der Waals surface area contributed by atoms with Crippen molar-refractivity contribution in [1.29, 1.82) is 0 Å². The van der Waals surface area contributed by atoms with Crippen LogP contribution < -0.4 is 10.2 Å². The summed E-state index contributed by atoms with van der Waals surface area (Å²) in [6.45, 7) is 1.92. The van der Waals surface area contributed by atoms with Crippen LogP contribution in [0.15, 0.2) is 108 Å². The van der Waals surface area contributed by atoms with E-state index in [-0.39, 0.29) is 17.9 Å². The molecular formula is C29H24Br3N3O2. The zero-order valence-corrected chi connectivity index (χ0v) is 24.6. The summed E-state index contributed by atoms with van der Waals surface area (Å²) in [7, 11) is 0. The van der Waals surface area contributed by atoms with Crippen LogP contribution in [0.5, 0.6) is 0 Å². The van der Waals surface area contributed by atoms with E-state index in [1.165, 1.54) is 4.90 Å². The lowest BCUT2D eigenvalue weighted by Gasteiger charge is -2.33. The predicted molar refractivity (Wildman–Crippen MR) is 159 cm³/mol. The van der Waals surface area contributed by atoms with E-state index in [0.717, 1.165) is 21.2 Å². The maximum atomic E-state index is 13.9. The van der Waals surface area contributed by atoms with Crippen molar-refractivity contribution in [3.63, 3.8) is 0 Å². The number of halogens is 3. The van der Waals surface area contributed by atoms with Crippen LogP contribution in [0.1, 0.15) is 30.1 Å². The zero-order chi connectivity index (χ0) is 26.4. The number of aromatic nitrogens is 1. The lowest BCUT2D eigenvalue weighted by Crippen LogP contribution is -2.46. The van der Waals surface area contributed by atoms with E-state index in [4.69, 9.17) is 0 Å². The van der Waals surface area contributed by atoms with Crippen molar-refractivity contribution in [2.75, 3.05) is 4.90 Å². The molecule has 0 bridgehead atoms. The highest BCUT2D eigenvalue weighted by Crippen LogP contribution is 2.33. The van der Waals surface area contributed by atoms with E-state index in [1.54, 1.807) is 24.5 Å². The van der Waals surface area contributed by atoms with Crippen molar-refractivity contribution >= 4 is 65.3 Å². The number of alkyl halides is 2. The van der Waals surface area contributed by atoms with Crippen LogP contribution in [0.4, 0.5) is 5.69 Å². The monoisotopic (exact) mass is 683 g/mol. The third-order valence-electron chi connectivity index (χ3n) is 5.91. The molecule has 4 rings (SSSR count). The first-order valence-corrected chi connectivity index (χ1v) is 14.2. The second-order valence-electron chi connectivity index (χ2n) is 8.39. The van der Waals surface area contributed by atoms with Crippen LogP contribution in [-0.4, -0.2) is 20.5 Å². The Morgan fingerprint density at radius 2 is 1.46 bits per heavy atom. The van der Waals surface area contributed by atoms with Crippen molar-refractivity contribution in [3.05, 3.63) is 119 Å². The number of carbonyl (C=O) groups excluding carboxylic acids is 2.